The first kappa shape index (κ1) is 14.2. The Labute approximate surface area is 115 Å². The van der Waals surface area contributed by atoms with Crippen molar-refractivity contribution in [3.8, 4) is 11.5 Å². The van der Waals surface area contributed by atoms with E-state index in [1.807, 2.05) is 0 Å². The van der Waals surface area contributed by atoms with Gasteiger partial charge in [-0.15, -0.1) is 0 Å². The number of carbonyl (C=O) groups excluding carboxylic acids is 1. The van der Waals surface area contributed by atoms with Crippen LogP contribution in [0.5, 0.6) is 0 Å². The zero-order valence-corrected chi connectivity index (χ0v) is 11.0. The smallest absolute Gasteiger partial charge is 0.228 e. The first-order chi connectivity index (χ1) is 9.60. The lowest BCUT2D eigenvalue weighted by Crippen LogP contribution is -2.30. The number of likely N-dealkylation sites (N-methyl/N-ethyl adjacent to an activating group) is 1. The molecule has 5 nitrogen and oxygen atoms in total. The van der Waals surface area contributed by atoms with Crippen LogP contribution in [0.15, 0.2) is 34.9 Å². The van der Waals surface area contributed by atoms with Crippen molar-refractivity contribution in [2.24, 2.45) is 0 Å². The molecule has 20 heavy (non-hydrogen) atoms. The van der Waals surface area contributed by atoms with Gasteiger partial charge in [0.25, 0.3) is 0 Å². The van der Waals surface area contributed by atoms with Gasteiger partial charge in [0.1, 0.15) is 12.1 Å². The number of hydrogen-bond acceptors (Lipinski definition) is 4. The van der Waals surface area contributed by atoms with Gasteiger partial charge in [-0.25, -0.2) is 9.37 Å². The summed E-state index contributed by atoms with van der Waals surface area (Å²) in [6, 6.07) is 5.76. The van der Waals surface area contributed by atoms with E-state index < -0.39 is 0 Å². The van der Waals surface area contributed by atoms with Gasteiger partial charge in [0.05, 0.1) is 18.7 Å². The van der Waals surface area contributed by atoms with Gasteiger partial charge >= 0.3 is 0 Å². The number of carbonyl (C=O) groups is 1. The Morgan fingerprint density at radius 3 is 2.75 bits per heavy atom. The maximum absolute atomic E-state index is 12.8. The Kier molecular flexibility index (Phi) is 4.47. The summed E-state index contributed by atoms with van der Waals surface area (Å²) in [5.41, 5.74) is 1.15. The molecule has 1 aromatic heterocycles. The van der Waals surface area contributed by atoms with Crippen molar-refractivity contribution in [3.05, 3.63) is 42.0 Å². The van der Waals surface area contributed by atoms with Gasteiger partial charge in [-0.3, -0.25) is 4.79 Å². The van der Waals surface area contributed by atoms with Crippen LogP contribution in [0.2, 0.25) is 0 Å². The molecule has 0 saturated heterocycles. The second-order valence-corrected chi connectivity index (χ2v) is 4.37. The standard InChI is InChI=1S/C14H15FN2O3/c1-17(6-7-18)13(19)8-12-9-20-14(16-12)10-2-4-11(15)5-3-10/h2-5,9,18H,6-8H2,1H3. The molecule has 0 radical (unpaired) electrons. The fourth-order valence-corrected chi connectivity index (χ4v) is 1.68. The number of aromatic nitrogens is 1. The van der Waals surface area contributed by atoms with Gasteiger partial charge in [-0.1, -0.05) is 0 Å². The predicted molar refractivity (Wildman–Crippen MR) is 70.3 cm³/mol. The quantitative estimate of drug-likeness (QED) is 0.899. The summed E-state index contributed by atoms with van der Waals surface area (Å²) in [6.45, 7) is 0.198. The summed E-state index contributed by atoms with van der Waals surface area (Å²) in [5.74, 6) is -0.142. The number of aliphatic hydroxyl groups excluding tert-OH is 1. The van der Waals surface area contributed by atoms with Crippen LogP contribution >= 0.6 is 0 Å². The Bertz CT molecular complexity index is 580. The molecule has 0 fully saturated rings. The van der Waals surface area contributed by atoms with Crippen molar-refractivity contribution in [3.63, 3.8) is 0 Å². The van der Waals surface area contributed by atoms with Crippen LogP contribution in [0, 0.1) is 5.82 Å². The minimum absolute atomic E-state index is 0.0815. The highest BCUT2D eigenvalue weighted by atomic mass is 19.1. The van der Waals surface area contributed by atoms with E-state index in [9.17, 15) is 9.18 Å². The lowest BCUT2D eigenvalue weighted by atomic mass is 10.2. The summed E-state index contributed by atoms with van der Waals surface area (Å²) in [4.78, 5) is 17.4. The summed E-state index contributed by atoms with van der Waals surface area (Å²) in [6.07, 6.45) is 1.50. The van der Waals surface area contributed by atoms with Gasteiger partial charge in [0.15, 0.2) is 0 Å². The molecule has 0 aliphatic carbocycles. The van der Waals surface area contributed by atoms with Crippen molar-refractivity contribution in [1.29, 1.82) is 0 Å². The monoisotopic (exact) mass is 278 g/mol. The summed E-state index contributed by atoms with van der Waals surface area (Å²) in [7, 11) is 1.61. The van der Waals surface area contributed by atoms with Gasteiger partial charge in [0, 0.05) is 19.2 Å². The third kappa shape index (κ3) is 3.42. The van der Waals surface area contributed by atoms with Crippen LogP contribution in [-0.4, -0.2) is 41.1 Å². The molecule has 6 heteroatoms. The minimum Gasteiger partial charge on any atom is -0.444 e. The van der Waals surface area contributed by atoms with E-state index in [-0.39, 0.29) is 31.3 Å². The first-order valence-corrected chi connectivity index (χ1v) is 6.15. The SMILES string of the molecule is CN(CCO)C(=O)Cc1coc(-c2ccc(F)cc2)n1. The Hall–Kier alpha value is -2.21. The lowest BCUT2D eigenvalue weighted by molar-refractivity contribution is -0.129. The first-order valence-electron chi connectivity index (χ1n) is 6.15. The molecule has 1 N–H and O–H groups in total. The van der Waals surface area contributed by atoms with E-state index in [1.165, 1.54) is 23.3 Å². The molecule has 1 amide bonds. The zero-order valence-electron chi connectivity index (χ0n) is 11.0. The molecule has 0 spiro atoms. The highest BCUT2D eigenvalue weighted by Crippen LogP contribution is 2.19. The van der Waals surface area contributed by atoms with Gasteiger partial charge in [0.2, 0.25) is 11.8 Å². The number of oxazole rings is 1. The molecule has 0 aliphatic rings. The topological polar surface area (TPSA) is 66.6 Å². The largest absolute Gasteiger partial charge is 0.444 e. The van der Waals surface area contributed by atoms with Crippen LogP contribution in [0.3, 0.4) is 0 Å². The van der Waals surface area contributed by atoms with Gasteiger partial charge in [-0.05, 0) is 24.3 Å². The normalized spacial score (nSPS) is 10.6. The number of rotatable bonds is 5. The summed E-state index contributed by atoms with van der Waals surface area (Å²) >= 11 is 0. The molecular formula is C14H15FN2O3. The number of aliphatic hydroxyl groups is 1. The highest BCUT2D eigenvalue weighted by molar-refractivity contribution is 5.78. The minimum atomic E-state index is -0.332. The van der Waals surface area contributed by atoms with Crippen LogP contribution in [0.25, 0.3) is 11.5 Å². The number of halogens is 1. The molecule has 0 aliphatic heterocycles. The average Bonchev–Trinajstić information content (AvgIpc) is 2.88. The fraction of sp³-hybridized carbons (Fsp3) is 0.286. The second-order valence-electron chi connectivity index (χ2n) is 4.37. The van der Waals surface area contributed by atoms with Crippen molar-refractivity contribution in [2.45, 2.75) is 6.42 Å². The van der Waals surface area contributed by atoms with Crippen molar-refractivity contribution in [1.82, 2.24) is 9.88 Å². The highest BCUT2D eigenvalue weighted by Gasteiger charge is 2.13. The van der Waals surface area contributed by atoms with E-state index in [2.05, 4.69) is 4.98 Å². The average molecular weight is 278 g/mol. The van der Waals surface area contributed by atoms with Crippen molar-refractivity contribution in [2.75, 3.05) is 20.2 Å². The number of amides is 1. The Morgan fingerprint density at radius 2 is 2.10 bits per heavy atom. The molecule has 2 rings (SSSR count). The Morgan fingerprint density at radius 1 is 1.40 bits per heavy atom. The van der Waals surface area contributed by atoms with E-state index in [0.29, 0.717) is 17.1 Å². The number of hydrogen-bond donors (Lipinski definition) is 1. The molecule has 1 aromatic carbocycles. The van der Waals surface area contributed by atoms with E-state index in [0.717, 1.165) is 0 Å². The molecule has 0 bridgehead atoms. The van der Waals surface area contributed by atoms with Gasteiger partial charge in [-0.2, -0.15) is 0 Å². The third-order valence-electron chi connectivity index (χ3n) is 2.84. The Balaban J connectivity index is 2.05. The second kappa shape index (κ2) is 6.29. The maximum Gasteiger partial charge on any atom is 0.228 e. The number of benzene rings is 1. The number of nitrogens with zero attached hydrogens (tertiary/aromatic N) is 2. The zero-order chi connectivity index (χ0) is 14.5. The molecule has 0 saturated carbocycles. The van der Waals surface area contributed by atoms with E-state index >= 15 is 0 Å². The van der Waals surface area contributed by atoms with E-state index in [1.54, 1.807) is 19.2 Å². The lowest BCUT2D eigenvalue weighted by Gasteiger charge is -2.14. The fourth-order valence-electron chi connectivity index (χ4n) is 1.68. The summed E-state index contributed by atoms with van der Waals surface area (Å²) in [5, 5.41) is 8.77. The molecule has 0 atom stereocenters. The van der Waals surface area contributed by atoms with Crippen molar-refractivity contribution >= 4 is 5.91 Å². The van der Waals surface area contributed by atoms with Crippen LogP contribution in [0.4, 0.5) is 4.39 Å². The van der Waals surface area contributed by atoms with Crippen LogP contribution in [-0.2, 0) is 11.2 Å². The van der Waals surface area contributed by atoms with Gasteiger partial charge < -0.3 is 14.4 Å². The predicted octanol–water partition coefficient (Wildman–Crippen LogP) is 1.47. The van der Waals surface area contributed by atoms with Crippen LogP contribution < -0.4 is 0 Å². The molecule has 2 aromatic rings. The third-order valence-corrected chi connectivity index (χ3v) is 2.84. The molecular weight excluding hydrogens is 263 g/mol. The van der Waals surface area contributed by atoms with E-state index in [4.69, 9.17) is 9.52 Å². The maximum atomic E-state index is 12.8. The van der Waals surface area contributed by atoms with Crippen LogP contribution in [0.1, 0.15) is 5.69 Å². The van der Waals surface area contributed by atoms with Crippen molar-refractivity contribution < 1.29 is 18.7 Å². The summed E-state index contributed by atoms with van der Waals surface area (Å²) < 4.78 is 18.1. The molecule has 0 unspecified atom stereocenters. The molecule has 1 heterocycles. The molecule has 106 valence electrons.